The van der Waals surface area contributed by atoms with E-state index < -0.39 is 0 Å². The zero-order valence-corrected chi connectivity index (χ0v) is 12.4. The van der Waals surface area contributed by atoms with Crippen molar-refractivity contribution in [3.63, 3.8) is 0 Å². The van der Waals surface area contributed by atoms with Crippen LogP contribution in [-0.2, 0) is 11.3 Å². The molecule has 0 aromatic heterocycles. The Morgan fingerprint density at radius 1 is 1.44 bits per heavy atom. The zero-order chi connectivity index (χ0) is 12.8. The second-order valence-corrected chi connectivity index (χ2v) is 5.58. The lowest BCUT2D eigenvalue weighted by Crippen LogP contribution is -2.39. The highest BCUT2D eigenvalue weighted by molar-refractivity contribution is 9.10. The smallest absolute Gasteiger partial charge is 0.0744 e. The Labute approximate surface area is 117 Å². The molecule has 3 nitrogen and oxygen atoms in total. The Morgan fingerprint density at radius 2 is 2.33 bits per heavy atom. The number of halogens is 1. The van der Waals surface area contributed by atoms with Gasteiger partial charge in [0, 0.05) is 35.4 Å². The van der Waals surface area contributed by atoms with Crippen molar-refractivity contribution in [2.75, 3.05) is 25.5 Å². The van der Waals surface area contributed by atoms with Crippen molar-refractivity contribution in [1.82, 2.24) is 5.32 Å². The summed E-state index contributed by atoms with van der Waals surface area (Å²) in [5, 5.41) is 7.09. The van der Waals surface area contributed by atoms with E-state index in [-0.39, 0.29) is 0 Å². The van der Waals surface area contributed by atoms with E-state index in [9.17, 15) is 0 Å². The molecule has 1 saturated heterocycles. The minimum absolute atomic E-state index is 0.591. The first-order chi connectivity index (χ1) is 8.81. The molecule has 1 aliphatic rings. The number of nitrogens with one attached hydrogen (secondary N) is 2. The van der Waals surface area contributed by atoms with Crippen molar-refractivity contribution < 1.29 is 4.74 Å². The molecule has 0 radical (unpaired) electrons. The molecule has 1 aromatic rings. The average molecular weight is 313 g/mol. The lowest BCUT2D eigenvalue weighted by atomic mass is 10.0. The van der Waals surface area contributed by atoms with Gasteiger partial charge in [-0.15, -0.1) is 0 Å². The Bertz CT molecular complexity index is 378. The Kier molecular flexibility index (Phi) is 5.47. The molecule has 0 aliphatic carbocycles. The number of methoxy groups -OCH3 is 1. The van der Waals surface area contributed by atoms with Crippen LogP contribution in [0.25, 0.3) is 0 Å². The molecule has 0 amide bonds. The van der Waals surface area contributed by atoms with Gasteiger partial charge in [0.2, 0.25) is 0 Å². The monoisotopic (exact) mass is 312 g/mol. The van der Waals surface area contributed by atoms with Crippen LogP contribution in [0.5, 0.6) is 0 Å². The quantitative estimate of drug-likeness (QED) is 0.876. The van der Waals surface area contributed by atoms with Crippen LogP contribution in [-0.4, -0.2) is 26.2 Å². The molecule has 2 N–H and O–H groups in total. The zero-order valence-electron chi connectivity index (χ0n) is 10.8. The van der Waals surface area contributed by atoms with E-state index in [1.54, 1.807) is 7.11 Å². The van der Waals surface area contributed by atoms with E-state index in [0.29, 0.717) is 12.6 Å². The van der Waals surface area contributed by atoms with Crippen LogP contribution < -0.4 is 10.6 Å². The molecule has 0 spiro atoms. The number of hydrogen-bond acceptors (Lipinski definition) is 3. The molecule has 1 heterocycles. The summed E-state index contributed by atoms with van der Waals surface area (Å²) in [5.74, 6) is 0. The fraction of sp³-hybridized carbons (Fsp3) is 0.571. The summed E-state index contributed by atoms with van der Waals surface area (Å²) < 4.78 is 6.36. The second kappa shape index (κ2) is 7.12. The van der Waals surface area contributed by atoms with Crippen LogP contribution in [0.1, 0.15) is 24.8 Å². The molecule has 18 heavy (non-hydrogen) atoms. The summed E-state index contributed by atoms with van der Waals surface area (Å²) in [6.07, 6.45) is 3.91. The first-order valence-electron chi connectivity index (χ1n) is 6.55. The molecule has 1 aliphatic heterocycles. The van der Waals surface area contributed by atoms with Gasteiger partial charge in [-0.1, -0.05) is 28.4 Å². The predicted octanol–water partition coefficient (Wildman–Crippen LogP) is 3.15. The molecule has 2 rings (SSSR count). The molecule has 1 fully saturated rings. The Balaban J connectivity index is 1.97. The topological polar surface area (TPSA) is 33.3 Å². The van der Waals surface area contributed by atoms with Crippen molar-refractivity contribution in [1.29, 1.82) is 0 Å². The largest absolute Gasteiger partial charge is 0.383 e. The summed E-state index contributed by atoms with van der Waals surface area (Å²) in [6.45, 7) is 2.75. The van der Waals surface area contributed by atoms with Gasteiger partial charge in [-0.25, -0.2) is 0 Å². The lowest BCUT2D eigenvalue weighted by Gasteiger charge is -2.24. The standard InChI is InChI=1S/C14H21BrN2O/c1-18-10-12-13(15)6-4-7-14(12)17-9-11-5-2-3-8-16-11/h4,6-7,11,16-17H,2-3,5,8-10H2,1H3. The number of rotatable bonds is 5. The fourth-order valence-corrected chi connectivity index (χ4v) is 2.83. The molecule has 0 bridgehead atoms. The summed E-state index contributed by atoms with van der Waals surface area (Å²) in [7, 11) is 1.73. The number of anilines is 1. The highest BCUT2D eigenvalue weighted by Gasteiger charge is 2.13. The number of piperidine rings is 1. The van der Waals surface area contributed by atoms with Crippen molar-refractivity contribution in [3.05, 3.63) is 28.2 Å². The van der Waals surface area contributed by atoms with E-state index >= 15 is 0 Å². The normalized spacial score (nSPS) is 19.8. The molecule has 100 valence electrons. The van der Waals surface area contributed by atoms with Crippen molar-refractivity contribution in [2.45, 2.75) is 31.9 Å². The number of hydrogen-bond donors (Lipinski definition) is 2. The summed E-state index contributed by atoms with van der Waals surface area (Å²) in [5.41, 5.74) is 2.36. The first-order valence-corrected chi connectivity index (χ1v) is 7.34. The highest BCUT2D eigenvalue weighted by atomic mass is 79.9. The van der Waals surface area contributed by atoms with Gasteiger partial charge < -0.3 is 15.4 Å². The van der Waals surface area contributed by atoms with Crippen molar-refractivity contribution in [2.24, 2.45) is 0 Å². The summed E-state index contributed by atoms with van der Waals surface area (Å²) in [4.78, 5) is 0. The minimum atomic E-state index is 0.591. The van der Waals surface area contributed by atoms with Gasteiger partial charge in [-0.2, -0.15) is 0 Å². The first kappa shape index (κ1) is 13.8. The fourth-order valence-electron chi connectivity index (χ4n) is 2.35. The summed E-state index contributed by atoms with van der Waals surface area (Å²) in [6, 6.07) is 6.81. The maximum Gasteiger partial charge on any atom is 0.0744 e. The van der Waals surface area contributed by atoms with Crippen LogP contribution in [0.3, 0.4) is 0 Å². The second-order valence-electron chi connectivity index (χ2n) is 4.73. The van der Waals surface area contributed by atoms with Gasteiger partial charge >= 0.3 is 0 Å². The van der Waals surface area contributed by atoms with E-state index in [1.807, 2.05) is 0 Å². The number of benzene rings is 1. The van der Waals surface area contributed by atoms with Crippen LogP contribution in [0.4, 0.5) is 5.69 Å². The molecular weight excluding hydrogens is 292 g/mol. The third kappa shape index (κ3) is 3.70. The van der Waals surface area contributed by atoms with E-state index in [2.05, 4.69) is 44.8 Å². The van der Waals surface area contributed by atoms with E-state index in [4.69, 9.17) is 4.74 Å². The van der Waals surface area contributed by atoms with Crippen LogP contribution in [0.15, 0.2) is 22.7 Å². The SMILES string of the molecule is COCc1c(Br)cccc1NCC1CCCCN1. The molecule has 1 aromatic carbocycles. The molecule has 1 unspecified atom stereocenters. The highest BCUT2D eigenvalue weighted by Crippen LogP contribution is 2.25. The van der Waals surface area contributed by atoms with Crippen molar-refractivity contribution in [3.8, 4) is 0 Å². The predicted molar refractivity (Wildman–Crippen MR) is 79.0 cm³/mol. The van der Waals surface area contributed by atoms with Gasteiger partial charge in [-0.3, -0.25) is 0 Å². The maximum absolute atomic E-state index is 5.26. The number of ether oxygens (including phenoxy) is 1. The third-order valence-corrected chi connectivity index (χ3v) is 4.10. The van der Waals surface area contributed by atoms with Gasteiger partial charge in [0.1, 0.15) is 0 Å². The van der Waals surface area contributed by atoms with Crippen LogP contribution in [0.2, 0.25) is 0 Å². The van der Waals surface area contributed by atoms with Gasteiger partial charge in [0.15, 0.2) is 0 Å². The average Bonchev–Trinajstić information content (AvgIpc) is 2.41. The van der Waals surface area contributed by atoms with Gasteiger partial charge in [0.05, 0.1) is 6.61 Å². The Hall–Kier alpha value is -0.580. The molecule has 0 saturated carbocycles. The van der Waals surface area contributed by atoms with E-state index in [1.165, 1.54) is 30.5 Å². The van der Waals surface area contributed by atoms with Gasteiger partial charge in [0.25, 0.3) is 0 Å². The third-order valence-electron chi connectivity index (χ3n) is 3.36. The molecule has 1 atom stereocenters. The van der Waals surface area contributed by atoms with E-state index in [0.717, 1.165) is 17.6 Å². The molecule has 4 heteroatoms. The van der Waals surface area contributed by atoms with Crippen LogP contribution in [0, 0.1) is 0 Å². The van der Waals surface area contributed by atoms with Crippen molar-refractivity contribution >= 4 is 21.6 Å². The molecular formula is C14H21BrN2O. The minimum Gasteiger partial charge on any atom is -0.383 e. The lowest BCUT2D eigenvalue weighted by molar-refractivity contribution is 0.185. The Morgan fingerprint density at radius 3 is 3.06 bits per heavy atom. The summed E-state index contributed by atoms with van der Waals surface area (Å²) >= 11 is 3.58. The maximum atomic E-state index is 5.26. The van der Waals surface area contributed by atoms with Gasteiger partial charge in [-0.05, 0) is 31.5 Å². The van der Waals surface area contributed by atoms with Crippen LogP contribution >= 0.6 is 15.9 Å².